The van der Waals surface area contributed by atoms with E-state index < -0.39 is 6.10 Å². The number of aliphatic hydroxyl groups is 1. The number of nitrogens with one attached hydrogen (secondary N) is 2. The van der Waals surface area contributed by atoms with Gasteiger partial charge in [0.05, 0.1) is 12.1 Å². The van der Waals surface area contributed by atoms with Gasteiger partial charge in [0.1, 0.15) is 5.82 Å². The van der Waals surface area contributed by atoms with Crippen molar-refractivity contribution in [3.8, 4) is 11.4 Å². The molecule has 0 bridgehead atoms. The number of aliphatic hydroxyl groups excluding tert-OH is 1. The summed E-state index contributed by atoms with van der Waals surface area (Å²) in [5.74, 6) is 1.36. The van der Waals surface area contributed by atoms with Gasteiger partial charge in [-0.3, -0.25) is 9.89 Å². The van der Waals surface area contributed by atoms with Gasteiger partial charge < -0.3 is 15.3 Å². The quantitative estimate of drug-likeness (QED) is 0.761. The Labute approximate surface area is 134 Å². The Hall–Kier alpha value is -2.25. The van der Waals surface area contributed by atoms with Gasteiger partial charge in [-0.15, -0.1) is 0 Å². The van der Waals surface area contributed by atoms with E-state index >= 15 is 0 Å². The van der Waals surface area contributed by atoms with E-state index in [0.717, 1.165) is 17.8 Å². The number of rotatable bonds is 4. The lowest BCUT2D eigenvalue weighted by Gasteiger charge is -2.26. The molecular formula is C16H21N5O2. The lowest BCUT2D eigenvalue weighted by atomic mass is 10.1. The predicted molar refractivity (Wildman–Crippen MR) is 86.0 cm³/mol. The van der Waals surface area contributed by atoms with Crippen LogP contribution in [-0.2, 0) is 6.42 Å². The third-order valence-electron chi connectivity index (χ3n) is 4.23. The highest BCUT2D eigenvalue weighted by Crippen LogP contribution is 2.18. The van der Waals surface area contributed by atoms with Crippen molar-refractivity contribution >= 4 is 5.91 Å². The number of benzene rings is 1. The van der Waals surface area contributed by atoms with Crippen LogP contribution in [0.2, 0.25) is 0 Å². The van der Waals surface area contributed by atoms with Crippen molar-refractivity contribution in [1.82, 2.24) is 25.4 Å². The topological polar surface area (TPSA) is 94.1 Å². The van der Waals surface area contributed by atoms with E-state index in [1.54, 1.807) is 24.1 Å². The van der Waals surface area contributed by atoms with Crippen LogP contribution in [0, 0.1) is 0 Å². The molecule has 0 unspecified atom stereocenters. The van der Waals surface area contributed by atoms with Crippen molar-refractivity contribution in [3.05, 3.63) is 35.7 Å². The maximum Gasteiger partial charge on any atom is 0.253 e. The summed E-state index contributed by atoms with van der Waals surface area (Å²) in [4.78, 5) is 18.5. The highest BCUT2D eigenvalue weighted by Gasteiger charge is 2.31. The SMILES string of the molecule is CCc1nc(-c2ccc(C(=O)N(C)[C@@H]3CNC[C@H]3O)cc2)n[nH]1. The summed E-state index contributed by atoms with van der Waals surface area (Å²) in [6.07, 6.45) is 0.274. The summed E-state index contributed by atoms with van der Waals surface area (Å²) in [7, 11) is 1.72. The molecule has 1 saturated heterocycles. The number of hydrogen-bond donors (Lipinski definition) is 3. The van der Waals surface area contributed by atoms with Crippen molar-refractivity contribution in [2.75, 3.05) is 20.1 Å². The number of carbonyl (C=O) groups excluding carboxylic acids is 1. The maximum atomic E-state index is 12.5. The van der Waals surface area contributed by atoms with E-state index in [4.69, 9.17) is 0 Å². The van der Waals surface area contributed by atoms with E-state index in [9.17, 15) is 9.90 Å². The lowest BCUT2D eigenvalue weighted by Crippen LogP contribution is -2.44. The third kappa shape index (κ3) is 3.11. The molecule has 2 atom stereocenters. The number of likely N-dealkylation sites (N-methyl/N-ethyl adjacent to an activating group) is 1. The molecule has 122 valence electrons. The Morgan fingerprint density at radius 2 is 2.09 bits per heavy atom. The molecule has 0 aliphatic carbocycles. The molecule has 2 heterocycles. The van der Waals surface area contributed by atoms with Crippen molar-refractivity contribution in [2.24, 2.45) is 0 Å². The number of H-pyrrole nitrogens is 1. The number of aromatic nitrogens is 3. The standard InChI is InChI=1S/C16H21N5O2/c1-3-14-18-15(20-19-14)10-4-6-11(7-5-10)16(23)21(2)12-8-17-9-13(12)22/h4-7,12-13,17,22H,3,8-9H2,1-2H3,(H,18,19,20)/t12-,13-/m1/s1. The molecule has 3 rings (SSSR count). The van der Waals surface area contributed by atoms with E-state index in [-0.39, 0.29) is 11.9 Å². The average Bonchev–Trinajstić information content (AvgIpc) is 3.22. The molecule has 1 aliphatic heterocycles. The predicted octanol–water partition coefficient (Wildman–Crippen LogP) is 0.439. The van der Waals surface area contributed by atoms with Gasteiger partial charge in [-0.25, -0.2) is 4.98 Å². The van der Waals surface area contributed by atoms with Gasteiger partial charge >= 0.3 is 0 Å². The maximum absolute atomic E-state index is 12.5. The fraction of sp³-hybridized carbons (Fsp3) is 0.438. The zero-order valence-electron chi connectivity index (χ0n) is 13.3. The van der Waals surface area contributed by atoms with Crippen LogP contribution in [-0.4, -0.2) is 63.4 Å². The van der Waals surface area contributed by atoms with E-state index in [0.29, 0.717) is 24.5 Å². The van der Waals surface area contributed by atoms with Gasteiger partial charge in [-0.05, 0) is 12.1 Å². The highest BCUT2D eigenvalue weighted by atomic mass is 16.3. The van der Waals surface area contributed by atoms with Crippen LogP contribution in [0.15, 0.2) is 24.3 Å². The first-order chi connectivity index (χ1) is 11.1. The second kappa shape index (κ2) is 6.47. The first-order valence-corrected chi connectivity index (χ1v) is 7.77. The number of amides is 1. The van der Waals surface area contributed by atoms with E-state index in [1.807, 2.05) is 19.1 Å². The normalized spacial score (nSPS) is 20.7. The number of β-amino-alcohol motifs (C(OH)–C–C–N with tert-alkyl or cyclic N) is 1. The van der Waals surface area contributed by atoms with Gasteiger partial charge in [-0.1, -0.05) is 19.1 Å². The second-order valence-electron chi connectivity index (χ2n) is 5.75. The molecule has 1 aromatic carbocycles. The molecule has 1 fully saturated rings. The number of aryl methyl sites for hydroxylation is 1. The van der Waals surface area contributed by atoms with Crippen LogP contribution < -0.4 is 5.32 Å². The highest BCUT2D eigenvalue weighted by molar-refractivity contribution is 5.94. The molecule has 1 aliphatic rings. The van der Waals surface area contributed by atoms with Crippen molar-refractivity contribution in [2.45, 2.75) is 25.5 Å². The van der Waals surface area contributed by atoms with Crippen LogP contribution in [0.1, 0.15) is 23.1 Å². The molecule has 0 spiro atoms. The first kappa shape index (κ1) is 15.6. The molecule has 1 amide bonds. The molecular weight excluding hydrogens is 294 g/mol. The smallest absolute Gasteiger partial charge is 0.253 e. The zero-order chi connectivity index (χ0) is 16.4. The Balaban J connectivity index is 1.74. The minimum absolute atomic E-state index is 0.103. The van der Waals surface area contributed by atoms with E-state index in [2.05, 4.69) is 20.5 Å². The number of carbonyl (C=O) groups is 1. The van der Waals surface area contributed by atoms with Crippen molar-refractivity contribution in [3.63, 3.8) is 0 Å². The Kier molecular flexibility index (Phi) is 4.40. The molecule has 0 radical (unpaired) electrons. The lowest BCUT2D eigenvalue weighted by molar-refractivity contribution is 0.0581. The van der Waals surface area contributed by atoms with Gasteiger partial charge in [-0.2, -0.15) is 5.10 Å². The Morgan fingerprint density at radius 1 is 1.35 bits per heavy atom. The van der Waals surface area contributed by atoms with Gasteiger partial charge in [0, 0.05) is 37.7 Å². The fourth-order valence-electron chi connectivity index (χ4n) is 2.74. The van der Waals surface area contributed by atoms with E-state index in [1.165, 1.54) is 0 Å². The summed E-state index contributed by atoms with van der Waals surface area (Å²) < 4.78 is 0. The van der Waals surface area contributed by atoms with Crippen molar-refractivity contribution < 1.29 is 9.90 Å². The third-order valence-corrected chi connectivity index (χ3v) is 4.23. The fourth-order valence-corrected chi connectivity index (χ4v) is 2.74. The van der Waals surface area contributed by atoms with Gasteiger partial charge in [0.25, 0.3) is 5.91 Å². The summed E-state index contributed by atoms with van der Waals surface area (Å²) >= 11 is 0. The minimum Gasteiger partial charge on any atom is -0.390 e. The summed E-state index contributed by atoms with van der Waals surface area (Å²) in [6.45, 7) is 3.14. The first-order valence-electron chi connectivity index (χ1n) is 7.77. The van der Waals surface area contributed by atoms with Gasteiger partial charge in [0.2, 0.25) is 0 Å². The monoisotopic (exact) mass is 315 g/mol. The minimum atomic E-state index is -0.524. The summed E-state index contributed by atoms with van der Waals surface area (Å²) in [5, 5.41) is 20.0. The number of nitrogens with zero attached hydrogens (tertiary/aromatic N) is 3. The summed E-state index contributed by atoms with van der Waals surface area (Å²) in [6, 6.07) is 7.03. The molecule has 2 aromatic rings. The van der Waals surface area contributed by atoms with Crippen LogP contribution >= 0.6 is 0 Å². The van der Waals surface area contributed by atoms with Crippen molar-refractivity contribution in [1.29, 1.82) is 0 Å². The summed E-state index contributed by atoms with van der Waals surface area (Å²) in [5.41, 5.74) is 1.45. The Morgan fingerprint density at radius 3 is 2.65 bits per heavy atom. The van der Waals surface area contributed by atoms with Crippen LogP contribution in [0.4, 0.5) is 0 Å². The molecule has 3 N–H and O–H groups in total. The van der Waals surface area contributed by atoms with Gasteiger partial charge in [0.15, 0.2) is 5.82 Å². The molecule has 23 heavy (non-hydrogen) atoms. The van der Waals surface area contributed by atoms with Crippen LogP contribution in [0.3, 0.4) is 0 Å². The Bertz CT molecular complexity index is 682. The molecule has 0 saturated carbocycles. The number of aromatic amines is 1. The molecule has 7 heteroatoms. The largest absolute Gasteiger partial charge is 0.390 e. The zero-order valence-corrected chi connectivity index (χ0v) is 13.3. The van der Waals surface area contributed by atoms with Crippen LogP contribution in [0.5, 0.6) is 0 Å². The molecule has 7 nitrogen and oxygen atoms in total. The van der Waals surface area contributed by atoms with Crippen LogP contribution in [0.25, 0.3) is 11.4 Å². The molecule has 1 aromatic heterocycles. The average molecular weight is 315 g/mol. The second-order valence-corrected chi connectivity index (χ2v) is 5.75. The number of hydrogen-bond acceptors (Lipinski definition) is 5.